The Bertz CT molecular complexity index is 398. The minimum Gasteiger partial charge on any atom is -0.310 e. The SMILES string of the molecule is CC(=O)N(c1ccc([N+](=O)[O-])cc1)C(C)C. The molecule has 0 atom stereocenters. The Morgan fingerprint density at radius 2 is 1.81 bits per heavy atom. The first-order valence-electron chi connectivity index (χ1n) is 4.97. The molecule has 0 spiro atoms. The molecule has 5 nitrogen and oxygen atoms in total. The van der Waals surface area contributed by atoms with Crippen LogP contribution in [0.5, 0.6) is 0 Å². The van der Waals surface area contributed by atoms with Crippen LogP contribution in [0.15, 0.2) is 24.3 Å². The monoisotopic (exact) mass is 222 g/mol. The number of nitro groups is 1. The second kappa shape index (κ2) is 4.74. The van der Waals surface area contributed by atoms with Crippen molar-refractivity contribution in [2.75, 3.05) is 4.90 Å². The van der Waals surface area contributed by atoms with E-state index in [4.69, 9.17) is 0 Å². The van der Waals surface area contributed by atoms with Gasteiger partial charge in [0.2, 0.25) is 5.91 Å². The average molecular weight is 222 g/mol. The quantitative estimate of drug-likeness (QED) is 0.582. The lowest BCUT2D eigenvalue weighted by Gasteiger charge is -2.25. The number of amides is 1. The molecule has 5 heteroatoms. The van der Waals surface area contributed by atoms with Crippen molar-refractivity contribution in [1.29, 1.82) is 0 Å². The van der Waals surface area contributed by atoms with Crippen molar-refractivity contribution >= 4 is 17.3 Å². The van der Waals surface area contributed by atoms with Gasteiger partial charge in [0, 0.05) is 30.8 Å². The maximum absolute atomic E-state index is 11.4. The molecule has 0 aliphatic heterocycles. The van der Waals surface area contributed by atoms with Gasteiger partial charge in [0.1, 0.15) is 0 Å². The third-order valence-electron chi connectivity index (χ3n) is 2.19. The van der Waals surface area contributed by atoms with Gasteiger partial charge in [0.25, 0.3) is 5.69 Å². The van der Waals surface area contributed by atoms with Gasteiger partial charge < -0.3 is 4.90 Å². The van der Waals surface area contributed by atoms with Crippen molar-refractivity contribution in [3.8, 4) is 0 Å². The van der Waals surface area contributed by atoms with E-state index in [2.05, 4.69) is 0 Å². The molecule has 0 N–H and O–H groups in total. The van der Waals surface area contributed by atoms with Gasteiger partial charge in [-0.3, -0.25) is 14.9 Å². The Morgan fingerprint density at radius 1 is 1.31 bits per heavy atom. The predicted molar refractivity (Wildman–Crippen MR) is 61.4 cm³/mol. The third-order valence-corrected chi connectivity index (χ3v) is 2.19. The van der Waals surface area contributed by atoms with Crippen LogP contribution in [0.4, 0.5) is 11.4 Å². The molecule has 0 saturated carbocycles. The molecule has 1 aromatic carbocycles. The summed E-state index contributed by atoms with van der Waals surface area (Å²) in [6.45, 7) is 5.26. The molecule has 0 aliphatic rings. The number of non-ortho nitro benzene ring substituents is 1. The van der Waals surface area contributed by atoms with Crippen LogP contribution in [-0.2, 0) is 4.79 Å². The second-order valence-electron chi connectivity index (χ2n) is 3.76. The number of anilines is 1. The maximum Gasteiger partial charge on any atom is 0.269 e. The van der Waals surface area contributed by atoms with Crippen molar-refractivity contribution in [2.24, 2.45) is 0 Å². The Morgan fingerprint density at radius 3 is 2.12 bits per heavy atom. The molecule has 1 rings (SSSR count). The van der Waals surface area contributed by atoms with Crippen LogP contribution in [0.1, 0.15) is 20.8 Å². The summed E-state index contributed by atoms with van der Waals surface area (Å²) in [5, 5.41) is 10.5. The zero-order valence-electron chi connectivity index (χ0n) is 9.51. The van der Waals surface area contributed by atoms with Crippen molar-refractivity contribution in [3.63, 3.8) is 0 Å². The van der Waals surface area contributed by atoms with E-state index in [1.807, 2.05) is 13.8 Å². The Hall–Kier alpha value is -1.91. The van der Waals surface area contributed by atoms with Gasteiger partial charge in [-0.1, -0.05) is 0 Å². The highest BCUT2D eigenvalue weighted by atomic mass is 16.6. The van der Waals surface area contributed by atoms with E-state index >= 15 is 0 Å². The minimum absolute atomic E-state index is 0.0241. The molecule has 0 bridgehead atoms. The lowest BCUT2D eigenvalue weighted by molar-refractivity contribution is -0.384. The highest BCUT2D eigenvalue weighted by molar-refractivity contribution is 5.92. The van der Waals surface area contributed by atoms with Gasteiger partial charge in [-0.2, -0.15) is 0 Å². The van der Waals surface area contributed by atoms with Gasteiger partial charge in [-0.25, -0.2) is 0 Å². The largest absolute Gasteiger partial charge is 0.310 e. The first-order valence-corrected chi connectivity index (χ1v) is 4.97. The summed E-state index contributed by atoms with van der Waals surface area (Å²) in [7, 11) is 0. The first-order chi connectivity index (χ1) is 7.43. The number of hydrogen-bond acceptors (Lipinski definition) is 3. The van der Waals surface area contributed by atoms with Gasteiger partial charge in [-0.05, 0) is 26.0 Å². The van der Waals surface area contributed by atoms with E-state index in [1.54, 1.807) is 17.0 Å². The topological polar surface area (TPSA) is 63.5 Å². The van der Waals surface area contributed by atoms with Crippen molar-refractivity contribution in [1.82, 2.24) is 0 Å². The number of hydrogen-bond donors (Lipinski definition) is 0. The van der Waals surface area contributed by atoms with E-state index in [-0.39, 0.29) is 17.6 Å². The zero-order valence-corrected chi connectivity index (χ0v) is 9.51. The van der Waals surface area contributed by atoms with E-state index in [0.717, 1.165) is 0 Å². The van der Waals surface area contributed by atoms with Crippen LogP contribution in [-0.4, -0.2) is 16.9 Å². The smallest absolute Gasteiger partial charge is 0.269 e. The van der Waals surface area contributed by atoms with Gasteiger partial charge >= 0.3 is 0 Å². The molecule has 16 heavy (non-hydrogen) atoms. The summed E-state index contributed by atoms with van der Waals surface area (Å²) in [5.74, 6) is -0.0798. The normalized spacial score (nSPS) is 10.2. The van der Waals surface area contributed by atoms with Crippen LogP contribution in [0.3, 0.4) is 0 Å². The maximum atomic E-state index is 11.4. The fourth-order valence-electron chi connectivity index (χ4n) is 1.58. The van der Waals surface area contributed by atoms with Crippen LogP contribution < -0.4 is 4.90 Å². The van der Waals surface area contributed by atoms with E-state index in [9.17, 15) is 14.9 Å². The summed E-state index contributed by atoms with van der Waals surface area (Å²) < 4.78 is 0. The Kier molecular flexibility index (Phi) is 3.60. The molecule has 0 aliphatic carbocycles. The molecule has 0 radical (unpaired) electrons. The zero-order chi connectivity index (χ0) is 12.3. The molecule has 86 valence electrons. The second-order valence-corrected chi connectivity index (χ2v) is 3.76. The molecule has 0 aromatic heterocycles. The molecule has 1 amide bonds. The minimum atomic E-state index is -0.461. The molecule has 0 unspecified atom stereocenters. The van der Waals surface area contributed by atoms with Crippen molar-refractivity contribution in [3.05, 3.63) is 34.4 Å². The van der Waals surface area contributed by atoms with Crippen LogP contribution in [0.25, 0.3) is 0 Å². The van der Waals surface area contributed by atoms with Gasteiger partial charge in [-0.15, -0.1) is 0 Å². The summed E-state index contributed by atoms with van der Waals surface area (Å²) in [5.41, 5.74) is 0.698. The number of carbonyl (C=O) groups is 1. The highest BCUT2D eigenvalue weighted by Crippen LogP contribution is 2.21. The number of rotatable bonds is 3. The fraction of sp³-hybridized carbons (Fsp3) is 0.364. The fourth-order valence-corrected chi connectivity index (χ4v) is 1.58. The van der Waals surface area contributed by atoms with Crippen molar-refractivity contribution < 1.29 is 9.72 Å². The summed E-state index contributed by atoms with van der Waals surface area (Å²) in [4.78, 5) is 23.0. The molecular weight excluding hydrogens is 208 g/mol. The van der Waals surface area contributed by atoms with Gasteiger partial charge in [0.05, 0.1) is 4.92 Å². The molecular formula is C11H14N2O3. The molecule has 1 aromatic rings. The number of nitrogens with zero attached hydrogens (tertiary/aromatic N) is 2. The van der Waals surface area contributed by atoms with Crippen LogP contribution in [0, 0.1) is 10.1 Å². The van der Waals surface area contributed by atoms with E-state index < -0.39 is 4.92 Å². The lowest BCUT2D eigenvalue weighted by atomic mass is 10.2. The molecule has 0 heterocycles. The predicted octanol–water partition coefficient (Wildman–Crippen LogP) is 2.36. The van der Waals surface area contributed by atoms with E-state index in [0.29, 0.717) is 5.69 Å². The standard InChI is InChI=1S/C11H14N2O3/c1-8(2)12(9(3)14)10-4-6-11(7-5-10)13(15)16/h4-8H,1-3H3. The average Bonchev–Trinajstić information content (AvgIpc) is 2.17. The van der Waals surface area contributed by atoms with Crippen LogP contribution in [0.2, 0.25) is 0 Å². The number of benzene rings is 1. The molecule has 0 fully saturated rings. The lowest BCUT2D eigenvalue weighted by Crippen LogP contribution is -2.34. The Balaban J connectivity index is 3.03. The Labute approximate surface area is 93.8 Å². The van der Waals surface area contributed by atoms with Crippen LogP contribution >= 0.6 is 0 Å². The highest BCUT2D eigenvalue weighted by Gasteiger charge is 2.15. The third kappa shape index (κ3) is 2.56. The summed E-state index contributed by atoms with van der Waals surface area (Å²) in [6, 6.07) is 5.99. The summed E-state index contributed by atoms with van der Waals surface area (Å²) >= 11 is 0. The molecule has 0 saturated heterocycles. The van der Waals surface area contributed by atoms with E-state index in [1.165, 1.54) is 19.1 Å². The van der Waals surface area contributed by atoms with Gasteiger partial charge in [0.15, 0.2) is 0 Å². The first kappa shape index (κ1) is 12.2. The number of nitro benzene ring substituents is 1. The van der Waals surface area contributed by atoms with Crippen molar-refractivity contribution in [2.45, 2.75) is 26.8 Å². The number of carbonyl (C=O) groups excluding carboxylic acids is 1. The summed E-state index contributed by atoms with van der Waals surface area (Å²) in [6.07, 6.45) is 0.